The van der Waals surface area contributed by atoms with Gasteiger partial charge >= 0.3 is 5.95 Å². The van der Waals surface area contributed by atoms with Crippen molar-refractivity contribution in [2.24, 2.45) is 0 Å². The Hall–Kier alpha value is -5.57. The van der Waals surface area contributed by atoms with Crippen molar-refractivity contribution in [2.45, 2.75) is 37.7 Å². The molecule has 3 heterocycles. The third kappa shape index (κ3) is 4.19. The van der Waals surface area contributed by atoms with E-state index < -0.39 is 5.60 Å². The molecule has 0 saturated carbocycles. The van der Waals surface area contributed by atoms with Crippen molar-refractivity contribution in [3.63, 3.8) is 0 Å². The van der Waals surface area contributed by atoms with Gasteiger partial charge in [0.05, 0.1) is 13.2 Å². The highest BCUT2D eigenvalue weighted by Crippen LogP contribution is 2.60. The Bertz CT molecular complexity index is 2140. The minimum atomic E-state index is -1.33. The molecule has 47 heavy (non-hydrogen) atoms. The van der Waals surface area contributed by atoms with Crippen LogP contribution in [0.15, 0.2) is 78.9 Å². The lowest BCUT2D eigenvalue weighted by Crippen LogP contribution is -2.38. The molecule has 5 aromatic rings. The summed E-state index contributed by atoms with van der Waals surface area (Å²) in [4.78, 5) is 19.0. The van der Waals surface area contributed by atoms with Crippen molar-refractivity contribution < 1.29 is 9.47 Å². The molecule has 1 atom stereocenters. The Morgan fingerprint density at radius 2 is 1.64 bits per heavy atom. The van der Waals surface area contributed by atoms with Crippen LogP contribution in [0.25, 0.3) is 32.8 Å². The molecule has 1 saturated heterocycles. The molecule has 1 fully saturated rings. The van der Waals surface area contributed by atoms with Gasteiger partial charge in [0.1, 0.15) is 5.75 Å². The first-order valence-electron chi connectivity index (χ1n) is 16.1. The largest absolute Gasteiger partial charge is 0.467 e. The maximum absolute atomic E-state index is 9.84. The molecule has 8 rings (SSSR count). The third-order valence-corrected chi connectivity index (χ3v) is 10.2. The fourth-order valence-corrected chi connectivity index (χ4v) is 7.88. The lowest BCUT2D eigenvalue weighted by molar-refractivity contribution is 0.122. The van der Waals surface area contributed by atoms with Crippen molar-refractivity contribution in [1.82, 2.24) is 15.0 Å². The summed E-state index contributed by atoms with van der Waals surface area (Å²) in [5.74, 6) is 0.657. The number of ether oxygens (including phenoxy) is 2. The number of nitriles is 1. The number of benzene rings is 4. The van der Waals surface area contributed by atoms with Crippen molar-refractivity contribution in [3.8, 4) is 22.9 Å². The zero-order valence-corrected chi connectivity index (χ0v) is 26.3. The van der Waals surface area contributed by atoms with Gasteiger partial charge in [0, 0.05) is 40.7 Å². The van der Waals surface area contributed by atoms with Crippen LogP contribution < -0.4 is 9.64 Å². The molecular weight excluding hydrogens is 584 g/mol. The average molecular weight is 617 g/mol. The molecule has 0 bridgehead atoms. The van der Waals surface area contributed by atoms with Gasteiger partial charge in [-0.2, -0.15) is 10.2 Å². The van der Waals surface area contributed by atoms with Crippen LogP contribution in [0.3, 0.4) is 0 Å². The van der Waals surface area contributed by atoms with E-state index in [1.54, 1.807) is 0 Å². The number of hydrogen-bond acceptors (Lipinski definition) is 7. The highest BCUT2D eigenvalue weighted by atomic mass is 16.5. The normalized spacial score (nSPS) is 18.9. The first-order valence-corrected chi connectivity index (χ1v) is 16.1. The molecule has 8 nitrogen and oxygen atoms in total. The van der Waals surface area contributed by atoms with Crippen molar-refractivity contribution in [1.29, 1.82) is 5.26 Å². The lowest BCUT2D eigenvalue weighted by atomic mass is 9.71. The van der Waals surface area contributed by atoms with E-state index in [-0.39, 0.29) is 23.0 Å². The molecular formula is C39H32N6O2. The molecule has 1 aromatic heterocycles. The maximum Gasteiger partial charge on any atom is 0.376 e. The molecule has 4 aromatic carbocycles. The minimum Gasteiger partial charge on any atom is -0.467 e. The van der Waals surface area contributed by atoms with E-state index in [0.29, 0.717) is 13.2 Å². The highest BCUT2D eigenvalue weighted by Gasteiger charge is 2.48. The van der Waals surface area contributed by atoms with Gasteiger partial charge in [-0.25, -0.2) is 0 Å². The minimum absolute atomic E-state index is 0.127. The number of morpholine rings is 1. The molecule has 2 aliphatic heterocycles. The van der Waals surface area contributed by atoms with E-state index >= 15 is 0 Å². The summed E-state index contributed by atoms with van der Waals surface area (Å²) in [7, 11) is 0. The molecule has 8 heteroatoms. The van der Waals surface area contributed by atoms with Crippen LogP contribution in [0.5, 0.6) is 5.75 Å². The number of rotatable bonds is 5. The zero-order valence-electron chi connectivity index (χ0n) is 26.3. The third-order valence-electron chi connectivity index (χ3n) is 10.2. The Balaban J connectivity index is 1.40. The SMILES string of the molecule is [C-]#[N+]c1nc(C#N)nc(C2(c3ccc(N4CCOCC4)cc3)C=Cc3c4c(c5ccccc5c3O2)-c2ccccc2C4(CC)CC)n1. The van der Waals surface area contributed by atoms with Gasteiger partial charge in [0.25, 0.3) is 5.82 Å². The summed E-state index contributed by atoms with van der Waals surface area (Å²) in [6, 6.07) is 27.4. The first-order chi connectivity index (χ1) is 23.1. The molecule has 230 valence electrons. The summed E-state index contributed by atoms with van der Waals surface area (Å²) in [5, 5.41) is 11.9. The van der Waals surface area contributed by atoms with E-state index in [0.717, 1.165) is 59.3 Å². The van der Waals surface area contributed by atoms with Crippen LogP contribution in [-0.2, 0) is 15.8 Å². The van der Waals surface area contributed by atoms with Crippen LogP contribution >= 0.6 is 0 Å². The van der Waals surface area contributed by atoms with Gasteiger partial charge in [0.15, 0.2) is 6.07 Å². The standard InChI is InChI=1S/C39H32N6O2/c1-4-38(5-2)31-13-9-8-12-29(31)33-27-10-6-7-11-28(27)35-30(34(33)38)18-19-39(47-35,36-42-32(24-40)43-37(41-3)44-36)25-14-16-26(17-15-25)45-20-22-46-23-21-45/h6-19H,4-5,20-23H2,1-2H3. The van der Waals surface area contributed by atoms with Gasteiger partial charge < -0.3 is 19.2 Å². The molecule has 3 aliphatic rings. The fraction of sp³-hybridized carbons (Fsp3) is 0.256. The second kappa shape index (κ2) is 11.0. The molecule has 1 aliphatic carbocycles. The summed E-state index contributed by atoms with van der Waals surface area (Å²) in [6.07, 6.45) is 6.03. The number of fused-ring (bicyclic) bond motifs is 8. The van der Waals surface area contributed by atoms with E-state index in [9.17, 15) is 5.26 Å². The molecule has 0 radical (unpaired) electrons. The highest BCUT2D eigenvalue weighted by molar-refractivity contribution is 6.08. The van der Waals surface area contributed by atoms with Crippen molar-refractivity contribution in [3.05, 3.63) is 124 Å². The quantitative estimate of drug-likeness (QED) is 0.187. The Kier molecular flexibility index (Phi) is 6.79. The second-order valence-corrected chi connectivity index (χ2v) is 12.2. The van der Waals surface area contributed by atoms with Gasteiger partial charge in [0.2, 0.25) is 11.4 Å². The maximum atomic E-state index is 9.84. The number of anilines is 1. The lowest BCUT2D eigenvalue weighted by Gasteiger charge is -2.37. The van der Waals surface area contributed by atoms with E-state index in [4.69, 9.17) is 16.0 Å². The zero-order chi connectivity index (χ0) is 32.2. The number of hydrogen-bond donors (Lipinski definition) is 0. The van der Waals surface area contributed by atoms with Crippen LogP contribution in [0.1, 0.15) is 60.6 Å². The smallest absolute Gasteiger partial charge is 0.376 e. The topological polar surface area (TPSA) is 88.5 Å². The molecule has 0 spiro atoms. The van der Waals surface area contributed by atoms with Crippen LogP contribution in [0.2, 0.25) is 0 Å². The molecule has 0 N–H and O–H groups in total. The van der Waals surface area contributed by atoms with Gasteiger partial charge in [-0.1, -0.05) is 80.6 Å². The van der Waals surface area contributed by atoms with E-state index in [1.165, 1.54) is 22.3 Å². The van der Waals surface area contributed by atoms with Crippen LogP contribution in [0, 0.1) is 17.9 Å². The molecule has 0 amide bonds. The van der Waals surface area contributed by atoms with Crippen molar-refractivity contribution in [2.75, 3.05) is 31.2 Å². The van der Waals surface area contributed by atoms with Gasteiger partial charge in [-0.05, 0) is 58.7 Å². The molecule has 1 unspecified atom stereocenters. The summed E-state index contributed by atoms with van der Waals surface area (Å²) in [5.41, 5.74) is 6.55. The number of nitrogens with zero attached hydrogens (tertiary/aromatic N) is 6. The van der Waals surface area contributed by atoms with Gasteiger partial charge in [-0.15, -0.1) is 16.5 Å². The van der Waals surface area contributed by atoms with Crippen LogP contribution in [-0.4, -0.2) is 41.3 Å². The summed E-state index contributed by atoms with van der Waals surface area (Å²) >= 11 is 0. The van der Waals surface area contributed by atoms with Crippen molar-refractivity contribution >= 4 is 28.5 Å². The Labute approximate surface area is 273 Å². The predicted octanol–water partition coefficient (Wildman–Crippen LogP) is 7.72. The van der Waals surface area contributed by atoms with E-state index in [2.05, 4.69) is 99.2 Å². The first kappa shape index (κ1) is 28.9. The average Bonchev–Trinajstić information content (AvgIpc) is 3.45. The second-order valence-electron chi connectivity index (χ2n) is 12.2. The summed E-state index contributed by atoms with van der Waals surface area (Å²) < 4.78 is 12.9. The summed E-state index contributed by atoms with van der Waals surface area (Å²) in [6.45, 7) is 15.2. The van der Waals surface area contributed by atoms with Gasteiger partial charge in [-0.3, -0.25) is 0 Å². The monoisotopic (exact) mass is 616 g/mol. The Morgan fingerprint density at radius 1 is 0.915 bits per heavy atom. The fourth-order valence-electron chi connectivity index (χ4n) is 7.88. The Morgan fingerprint density at radius 3 is 2.36 bits per heavy atom. The van der Waals surface area contributed by atoms with Crippen LogP contribution in [0.4, 0.5) is 11.6 Å². The predicted molar refractivity (Wildman–Crippen MR) is 181 cm³/mol. The van der Waals surface area contributed by atoms with E-state index in [1.807, 2.05) is 30.3 Å². The number of aromatic nitrogens is 3.